The molecule has 80 valence electrons. The largest absolute Gasteiger partial charge is 0.479 e. The van der Waals surface area contributed by atoms with Crippen LogP contribution >= 0.6 is 0 Å². The molecule has 0 saturated heterocycles. The number of hydrogen-bond acceptors (Lipinski definition) is 6. The molecule has 0 aromatic heterocycles. The number of aliphatic hydroxyl groups is 5. The van der Waals surface area contributed by atoms with Crippen molar-refractivity contribution in [2.45, 2.75) is 24.4 Å². The molecule has 8 heteroatoms. The van der Waals surface area contributed by atoms with Gasteiger partial charge in [-0.25, -0.2) is 4.79 Å². The standard InChI is InChI=1S/C6H12O7.Ca/c7-1-2(8)3(9)4(10)5(11)6(12)13;/h2-5,7-11H,1H2,(H,12,13);/t2-,3-,4+,5-;/m1./s1. The van der Waals surface area contributed by atoms with Crippen molar-refractivity contribution in [3.8, 4) is 0 Å². The van der Waals surface area contributed by atoms with Crippen molar-refractivity contribution in [3.63, 3.8) is 0 Å². The van der Waals surface area contributed by atoms with Crippen LogP contribution in [0.15, 0.2) is 0 Å². The van der Waals surface area contributed by atoms with Crippen LogP contribution < -0.4 is 0 Å². The Morgan fingerprint density at radius 3 is 1.79 bits per heavy atom. The normalized spacial score (nSPS) is 18.9. The summed E-state index contributed by atoms with van der Waals surface area (Å²) < 4.78 is 0. The van der Waals surface area contributed by atoms with Crippen LogP contribution in [0.5, 0.6) is 0 Å². The zero-order chi connectivity index (χ0) is 10.6. The van der Waals surface area contributed by atoms with Crippen LogP contribution in [0, 0.1) is 0 Å². The van der Waals surface area contributed by atoms with E-state index < -0.39 is 37.0 Å². The zero-order valence-corrected chi connectivity index (χ0v) is 9.52. The van der Waals surface area contributed by atoms with Crippen molar-refractivity contribution < 1.29 is 35.4 Å². The molecule has 0 heterocycles. The molecule has 6 N–H and O–H groups in total. The Balaban J connectivity index is 0. The number of carboxylic acid groups (broad SMARTS) is 1. The van der Waals surface area contributed by atoms with Crippen LogP contribution in [0.4, 0.5) is 0 Å². The molecule has 0 rings (SSSR count). The van der Waals surface area contributed by atoms with Gasteiger partial charge in [-0.05, 0) is 0 Å². The second-order valence-electron chi connectivity index (χ2n) is 2.51. The van der Waals surface area contributed by atoms with Crippen LogP contribution in [0.3, 0.4) is 0 Å². The molecular formula is C6H12CaO7. The Morgan fingerprint density at radius 1 is 1.07 bits per heavy atom. The van der Waals surface area contributed by atoms with Crippen LogP contribution in [0.2, 0.25) is 0 Å². The molecule has 0 unspecified atom stereocenters. The van der Waals surface area contributed by atoms with Crippen molar-refractivity contribution in [2.75, 3.05) is 6.61 Å². The molecule has 0 spiro atoms. The molecule has 14 heavy (non-hydrogen) atoms. The van der Waals surface area contributed by atoms with Gasteiger partial charge in [0.15, 0.2) is 6.10 Å². The van der Waals surface area contributed by atoms with Gasteiger partial charge in [0, 0.05) is 37.7 Å². The smallest absolute Gasteiger partial charge is 0.335 e. The molecular weight excluding hydrogens is 224 g/mol. The summed E-state index contributed by atoms with van der Waals surface area (Å²) >= 11 is 0. The summed E-state index contributed by atoms with van der Waals surface area (Å²) in [5, 5.41) is 51.8. The number of rotatable bonds is 5. The minimum absolute atomic E-state index is 0. The Labute approximate surface area is 110 Å². The maximum atomic E-state index is 10.1. The first-order valence-electron chi connectivity index (χ1n) is 3.47. The van der Waals surface area contributed by atoms with Gasteiger partial charge < -0.3 is 30.6 Å². The third-order valence-corrected chi connectivity index (χ3v) is 1.51. The molecule has 7 nitrogen and oxygen atoms in total. The molecule has 0 saturated carbocycles. The summed E-state index contributed by atoms with van der Waals surface area (Å²) in [7, 11) is 0. The fourth-order valence-corrected chi connectivity index (χ4v) is 0.668. The Bertz CT molecular complexity index is 176. The average Bonchev–Trinajstić information content (AvgIpc) is 2.12. The summed E-state index contributed by atoms with van der Waals surface area (Å²) in [6.45, 7) is -0.843. The molecule has 0 aliphatic carbocycles. The van der Waals surface area contributed by atoms with Gasteiger partial charge in [0.05, 0.1) is 6.61 Å². The van der Waals surface area contributed by atoms with E-state index in [1.54, 1.807) is 0 Å². The van der Waals surface area contributed by atoms with E-state index in [1.165, 1.54) is 0 Å². The van der Waals surface area contributed by atoms with E-state index in [4.69, 9.17) is 30.6 Å². The van der Waals surface area contributed by atoms with Gasteiger partial charge in [0.25, 0.3) is 0 Å². The quantitative estimate of drug-likeness (QED) is 0.268. The van der Waals surface area contributed by atoms with Gasteiger partial charge in [0.1, 0.15) is 18.3 Å². The zero-order valence-electron chi connectivity index (χ0n) is 7.32. The Morgan fingerprint density at radius 2 is 1.50 bits per heavy atom. The van der Waals surface area contributed by atoms with Gasteiger partial charge in [-0.15, -0.1) is 0 Å². The molecule has 0 aromatic carbocycles. The Hall–Kier alpha value is 0.530. The molecule has 0 aromatic rings. The number of hydrogen-bond donors (Lipinski definition) is 6. The van der Waals surface area contributed by atoms with Crippen molar-refractivity contribution in [1.29, 1.82) is 0 Å². The summed E-state index contributed by atoms with van der Waals surface area (Å²) in [5.41, 5.74) is 0. The van der Waals surface area contributed by atoms with Crippen LogP contribution in [-0.2, 0) is 4.79 Å². The van der Waals surface area contributed by atoms with Crippen molar-refractivity contribution in [1.82, 2.24) is 0 Å². The van der Waals surface area contributed by atoms with Crippen molar-refractivity contribution in [2.24, 2.45) is 0 Å². The summed E-state index contributed by atoms with van der Waals surface area (Å²) in [6.07, 6.45) is -7.84. The molecule has 0 aliphatic heterocycles. The monoisotopic (exact) mass is 236 g/mol. The van der Waals surface area contributed by atoms with Crippen LogP contribution in [0.1, 0.15) is 0 Å². The van der Waals surface area contributed by atoms with Crippen molar-refractivity contribution in [3.05, 3.63) is 0 Å². The number of carboxylic acids is 1. The predicted octanol–water partition coefficient (Wildman–Crippen LogP) is -3.87. The van der Waals surface area contributed by atoms with Crippen LogP contribution in [-0.4, -0.2) is 105 Å². The maximum absolute atomic E-state index is 10.1. The van der Waals surface area contributed by atoms with Gasteiger partial charge >= 0.3 is 5.97 Å². The molecule has 0 fully saturated rings. The molecule has 0 bridgehead atoms. The summed E-state index contributed by atoms with van der Waals surface area (Å²) in [6, 6.07) is 0. The number of aliphatic carboxylic acids is 1. The van der Waals surface area contributed by atoms with E-state index in [2.05, 4.69) is 0 Å². The summed E-state index contributed by atoms with van der Waals surface area (Å²) in [5.74, 6) is -1.73. The third-order valence-electron chi connectivity index (χ3n) is 1.51. The van der Waals surface area contributed by atoms with E-state index in [-0.39, 0.29) is 37.7 Å². The molecule has 0 amide bonds. The molecule has 4 atom stereocenters. The minimum atomic E-state index is -2.20. The first kappa shape index (κ1) is 16.9. The topological polar surface area (TPSA) is 138 Å². The Kier molecular flexibility index (Phi) is 9.41. The van der Waals surface area contributed by atoms with E-state index in [9.17, 15) is 4.79 Å². The molecule has 2 radical (unpaired) electrons. The average molecular weight is 236 g/mol. The SMILES string of the molecule is O=C(O)[C@H](O)[C@@H](O)[C@H](O)[C@H](O)CO.[Ca]. The third kappa shape index (κ3) is 4.85. The van der Waals surface area contributed by atoms with Gasteiger partial charge in [-0.3, -0.25) is 0 Å². The first-order chi connectivity index (χ1) is 5.91. The second-order valence-corrected chi connectivity index (χ2v) is 2.51. The number of aliphatic hydroxyl groups excluding tert-OH is 5. The minimum Gasteiger partial charge on any atom is -0.479 e. The first-order valence-corrected chi connectivity index (χ1v) is 3.47. The van der Waals surface area contributed by atoms with Gasteiger partial charge in [-0.2, -0.15) is 0 Å². The predicted molar refractivity (Wildman–Crippen MR) is 44.5 cm³/mol. The van der Waals surface area contributed by atoms with Gasteiger partial charge in [-0.1, -0.05) is 0 Å². The van der Waals surface area contributed by atoms with E-state index in [0.717, 1.165) is 0 Å². The second kappa shape index (κ2) is 7.77. The van der Waals surface area contributed by atoms with Gasteiger partial charge in [0.2, 0.25) is 0 Å². The van der Waals surface area contributed by atoms with Crippen LogP contribution in [0.25, 0.3) is 0 Å². The van der Waals surface area contributed by atoms with E-state index in [1.807, 2.05) is 0 Å². The van der Waals surface area contributed by atoms with Crippen molar-refractivity contribution >= 4 is 43.7 Å². The molecule has 0 aliphatic rings. The van der Waals surface area contributed by atoms with E-state index in [0.29, 0.717) is 0 Å². The summed E-state index contributed by atoms with van der Waals surface area (Å²) in [4.78, 5) is 10.1. The fourth-order valence-electron chi connectivity index (χ4n) is 0.668. The number of carbonyl (C=O) groups is 1. The maximum Gasteiger partial charge on any atom is 0.335 e. The van der Waals surface area contributed by atoms with E-state index >= 15 is 0 Å². The fraction of sp³-hybridized carbons (Fsp3) is 0.833.